The van der Waals surface area contributed by atoms with E-state index in [1.807, 2.05) is 0 Å². The average molecular weight is 267 g/mol. The number of halogens is 1. The number of hydrogen-bond donors (Lipinski definition) is 1. The second-order valence-corrected chi connectivity index (χ2v) is 4.90. The Labute approximate surface area is 114 Å². The molecule has 0 spiro atoms. The number of nitrogens with zero attached hydrogens (tertiary/aromatic N) is 2. The number of pyridine rings is 1. The molecule has 0 aliphatic carbocycles. The Balaban J connectivity index is 2.21. The number of carbonyl (C=O) groups excluding carboxylic acids is 1. The Hall–Kier alpha value is -1.49. The minimum Gasteiger partial charge on any atom is -0.352 e. The van der Waals surface area contributed by atoms with Crippen molar-refractivity contribution in [2.24, 2.45) is 0 Å². The summed E-state index contributed by atoms with van der Waals surface area (Å²) in [6.45, 7) is 5.92. The number of nitrogens with one attached hydrogen (secondary N) is 1. The summed E-state index contributed by atoms with van der Waals surface area (Å²) in [5, 5.41) is 2.78. The third-order valence-corrected chi connectivity index (χ3v) is 3.09. The first-order valence-electron chi connectivity index (χ1n) is 6.60. The number of unbranched alkanes of at least 4 members (excludes halogenated alkanes) is 1. The molecule has 0 saturated heterocycles. The lowest BCUT2D eigenvalue weighted by molar-refractivity contribution is 0.0952. The SMILES string of the molecule is CC(C)N(C)CCCCNC(=O)c1ccnc(F)c1. The van der Waals surface area contributed by atoms with Crippen molar-refractivity contribution in [3.8, 4) is 0 Å². The topological polar surface area (TPSA) is 45.2 Å². The maximum absolute atomic E-state index is 12.8. The van der Waals surface area contributed by atoms with Crippen molar-refractivity contribution >= 4 is 5.91 Å². The fourth-order valence-corrected chi connectivity index (χ4v) is 1.59. The van der Waals surface area contributed by atoms with Crippen LogP contribution in [-0.4, -0.2) is 42.0 Å². The smallest absolute Gasteiger partial charge is 0.251 e. The van der Waals surface area contributed by atoms with Gasteiger partial charge in [-0.25, -0.2) is 4.98 Å². The molecule has 0 atom stereocenters. The molecule has 0 saturated carbocycles. The Kier molecular flexibility index (Phi) is 6.42. The van der Waals surface area contributed by atoms with E-state index in [9.17, 15) is 9.18 Å². The molecule has 5 heteroatoms. The number of rotatable bonds is 7. The first-order valence-corrected chi connectivity index (χ1v) is 6.60. The second-order valence-electron chi connectivity index (χ2n) is 4.90. The van der Waals surface area contributed by atoms with Crippen molar-refractivity contribution < 1.29 is 9.18 Å². The van der Waals surface area contributed by atoms with E-state index in [-0.39, 0.29) is 5.91 Å². The number of amides is 1. The van der Waals surface area contributed by atoms with Gasteiger partial charge in [-0.1, -0.05) is 0 Å². The molecule has 0 radical (unpaired) electrons. The molecule has 0 aromatic carbocycles. The van der Waals surface area contributed by atoms with Crippen LogP contribution in [-0.2, 0) is 0 Å². The average Bonchev–Trinajstić information content (AvgIpc) is 2.37. The largest absolute Gasteiger partial charge is 0.352 e. The lowest BCUT2D eigenvalue weighted by atomic mass is 10.2. The molecule has 1 rings (SSSR count). The van der Waals surface area contributed by atoms with Gasteiger partial charge in [0.1, 0.15) is 0 Å². The maximum Gasteiger partial charge on any atom is 0.251 e. The highest BCUT2D eigenvalue weighted by atomic mass is 19.1. The van der Waals surface area contributed by atoms with Crippen LogP contribution in [0.3, 0.4) is 0 Å². The van der Waals surface area contributed by atoms with E-state index in [1.54, 1.807) is 0 Å². The summed E-state index contributed by atoms with van der Waals surface area (Å²) in [4.78, 5) is 17.4. The van der Waals surface area contributed by atoms with Crippen LogP contribution < -0.4 is 5.32 Å². The summed E-state index contributed by atoms with van der Waals surface area (Å²) in [5.41, 5.74) is 0.312. The fraction of sp³-hybridized carbons (Fsp3) is 0.571. The van der Waals surface area contributed by atoms with Gasteiger partial charge in [-0.15, -0.1) is 0 Å². The quantitative estimate of drug-likeness (QED) is 0.607. The maximum atomic E-state index is 12.8. The zero-order chi connectivity index (χ0) is 14.3. The van der Waals surface area contributed by atoms with Crippen molar-refractivity contribution in [2.75, 3.05) is 20.1 Å². The highest BCUT2D eigenvalue weighted by molar-refractivity contribution is 5.93. The van der Waals surface area contributed by atoms with Crippen molar-refractivity contribution in [1.29, 1.82) is 0 Å². The van der Waals surface area contributed by atoms with Gasteiger partial charge in [-0.3, -0.25) is 4.79 Å². The van der Waals surface area contributed by atoms with Gasteiger partial charge >= 0.3 is 0 Å². The summed E-state index contributed by atoms with van der Waals surface area (Å²) in [7, 11) is 2.09. The molecular weight excluding hydrogens is 245 g/mol. The van der Waals surface area contributed by atoms with Crippen molar-refractivity contribution in [1.82, 2.24) is 15.2 Å². The predicted octanol–water partition coefficient (Wildman–Crippen LogP) is 2.07. The highest BCUT2D eigenvalue weighted by Crippen LogP contribution is 2.01. The number of hydrogen-bond acceptors (Lipinski definition) is 3. The molecular formula is C14H22FN3O. The van der Waals surface area contributed by atoms with E-state index in [0.29, 0.717) is 18.2 Å². The molecule has 1 N–H and O–H groups in total. The van der Waals surface area contributed by atoms with Crippen LogP contribution in [0.4, 0.5) is 4.39 Å². The highest BCUT2D eigenvalue weighted by Gasteiger charge is 2.06. The minimum atomic E-state index is -0.633. The molecule has 1 aromatic rings. The Morgan fingerprint density at radius 2 is 2.21 bits per heavy atom. The zero-order valence-corrected chi connectivity index (χ0v) is 11.8. The van der Waals surface area contributed by atoms with Crippen LogP contribution in [0.25, 0.3) is 0 Å². The molecule has 1 aromatic heterocycles. The first kappa shape index (κ1) is 15.6. The second kappa shape index (κ2) is 7.84. The van der Waals surface area contributed by atoms with Crippen LogP contribution in [0, 0.1) is 5.95 Å². The van der Waals surface area contributed by atoms with Gasteiger partial charge in [0.15, 0.2) is 0 Å². The lowest BCUT2D eigenvalue weighted by Gasteiger charge is -2.20. The van der Waals surface area contributed by atoms with Crippen LogP contribution in [0.1, 0.15) is 37.0 Å². The fourth-order valence-electron chi connectivity index (χ4n) is 1.59. The van der Waals surface area contributed by atoms with E-state index in [1.165, 1.54) is 12.3 Å². The Morgan fingerprint density at radius 1 is 1.47 bits per heavy atom. The Bertz CT molecular complexity index is 409. The molecule has 0 bridgehead atoms. The van der Waals surface area contributed by atoms with Crippen molar-refractivity contribution in [2.45, 2.75) is 32.7 Å². The van der Waals surface area contributed by atoms with Crippen LogP contribution in [0.2, 0.25) is 0 Å². The van der Waals surface area contributed by atoms with Gasteiger partial charge < -0.3 is 10.2 Å². The normalized spacial score (nSPS) is 11.1. The summed E-state index contributed by atoms with van der Waals surface area (Å²) >= 11 is 0. The minimum absolute atomic E-state index is 0.251. The number of aromatic nitrogens is 1. The summed E-state index contributed by atoms with van der Waals surface area (Å²) in [6.07, 6.45) is 3.23. The van der Waals surface area contributed by atoms with Gasteiger partial charge in [0.25, 0.3) is 5.91 Å². The third-order valence-electron chi connectivity index (χ3n) is 3.09. The zero-order valence-electron chi connectivity index (χ0n) is 11.8. The summed E-state index contributed by atoms with van der Waals surface area (Å²) in [6, 6.07) is 3.18. The third kappa shape index (κ3) is 5.79. The van der Waals surface area contributed by atoms with Gasteiger partial charge in [0, 0.05) is 30.4 Å². The molecule has 0 fully saturated rings. The molecule has 19 heavy (non-hydrogen) atoms. The molecule has 1 heterocycles. The van der Waals surface area contributed by atoms with E-state index in [0.717, 1.165) is 25.5 Å². The lowest BCUT2D eigenvalue weighted by Crippen LogP contribution is -2.29. The van der Waals surface area contributed by atoms with Gasteiger partial charge in [0.05, 0.1) is 0 Å². The van der Waals surface area contributed by atoms with E-state index in [2.05, 4.69) is 36.1 Å². The van der Waals surface area contributed by atoms with Crippen LogP contribution in [0.15, 0.2) is 18.3 Å². The molecule has 4 nitrogen and oxygen atoms in total. The van der Waals surface area contributed by atoms with Gasteiger partial charge in [-0.05, 0) is 46.3 Å². The summed E-state index contributed by atoms with van der Waals surface area (Å²) < 4.78 is 12.8. The monoisotopic (exact) mass is 267 g/mol. The molecule has 1 amide bonds. The number of carbonyl (C=O) groups is 1. The first-order chi connectivity index (χ1) is 9.00. The molecule has 0 aliphatic rings. The molecule has 106 valence electrons. The van der Waals surface area contributed by atoms with E-state index < -0.39 is 5.95 Å². The molecule has 0 unspecified atom stereocenters. The van der Waals surface area contributed by atoms with E-state index >= 15 is 0 Å². The molecule has 0 aliphatic heterocycles. The van der Waals surface area contributed by atoms with Crippen molar-refractivity contribution in [3.63, 3.8) is 0 Å². The standard InChI is InChI=1S/C14H22FN3O/c1-11(2)18(3)9-5-4-7-17-14(19)12-6-8-16-13(15)10-12/h6,8,10-11H,4-5,7,9H2,1-3H3,(H,17,19). The van der Waals surface area contributed by atoms with Gasteiger partial charge in [0.2, 0.25) is 5.95 Å². The Morgan fingerprint density at radius 3 is 2.84 bits per heavy atom. The summed E-state index contributed by atoms with van der Waals surface area (Å²) in [5.74, 6) is -0.885. The van der Waals surface area contributed by atoms with E-state index in [4.69, 9.17) is 0 Å². The van der Waals surface area contributed by atoms with Crippen LogP contribution >= 0.6 is 0 Å². The van der Waals surface area contributed by atoms with Crippen LogP contribution in [0.5, 0.6) is 0 Å². The predicted molar refractivity (Wildman–Crippen MR) is 73.5 cm³/mol. The van der Waals surface area contributed by atoms with Crippen molar-refractivity contribution in [3.05, 3.63) is 29.8 Å². The van der Waals surface area contributed by atoms with Gasteiger partial charge in [-0.2, -0.15) is 4.39 Å².